The fourth-order valence-electron chi connectivity index (χ4n) is 4.67. The van der Waals surface area contributed by atoms with Gasteiger partial charge in [-0.05, 0) is 52.0 Å². The SMILES string of the molecule is COC(=O)c1c(C)nc(C)c(C(=O)OC)c1C#Cc1ccccc1.COC(=O)c1c(C)nc(C)c(C(=O)OC)c1C#Cc1ccccc1.O.O. The van der Waals surface area contributed by atoms with Gasteiger partial charge in [-0.15, -0.1) is 0 Å². The first kappa shape index (κ1) is 41.7. The Bertz CT molecular complexity index is 1760. The van der Waals surface area contributed by atoms with E-state index in [0.717, 1.165) is 11.1 Å². The molecule has 4 N–H and O–H groups in total. The van der Waals surface area contributed by atoms with E-state index >= 15 is 0 Å². The number of hydrogen-bond acceptors (Lipinski definition) is 10. The number of carbonyl (C=O) groups excluding carboxylic acids is 4. The molecular formula is C38H38N2O10. The van der Waals surface area contributed by atoms with Gasteiger partial charge in [0.2, 0.25) is 0 Å². The molecule has 2 heterocycles. The Morgan fingerprint density at radius 2 is 0.680 bits per heavy atom. The summed E-state index contributed by atoms with van der Waals surface area (Å²) in [7, 11) is 5.09. The van der Waals surface area contributed by atoms with Crippen LogP contribution < -0.4 is 0 Å². The zero-order valence-electron chi connectivity index (χ0n) is 28.9. The first-order valence-corrected chi connectivity index (χ1v) is 14.5. The standard InChI is InChI=1S/2C19H17NO4.2H2O/c2*1-12-16(18(21)23-3)15(11-10-14-8-6-5-7-9-14)17(13(2)20-12)19(22)24-4;;/h2*5-9H,1-4H3;2*1H2. The molecule has 0 saturated heterocycles. The molecule has 2 aromatic carbocycles. The summed E-state index contributed by atoms with van der Waals surface area (Å²) in [6.07, 6.45) is 0. The van der Waals surface area contributed by atoms with Gasteiger partial charge in [0.25, 0.3) is 0 Å². The van der Waals surface area contributed by atoms with E-state index in [-0.39, 0.29) is 44.3 Å². The second kappa shape index (κ2) is 19.5. The van der Waals surface area contributed by atoms with Gasteiger partial charge in [0, 0.05) is 11.1 Å². The van der Waals surface area contributed by atoms with Gasteiger partial charge in [0.1, 0.15) is 0 Å². The normalized spacial score (nSPS) is 9.28. The van der Waals surface area contributed by atoms with Crippen LogP contribution >= 0.6 is 0 Å². The number of hydrogen-bond donors (Lipinski definition) is 0. The number of carbonyl (C=O) groups is 4. The third kappa shape index (κ3) is 9.84. The number of esters is 4. The van der Waals surface area contributed by atoms with Gasteiger partial charge in [0.05, 0.1) is 84.6 Å². The second-order valence-corrected chi connectivity index (χ2v) is 10.0. The molecule has 0 saturated carbocycles. The van der Waals surface area contributed by atoms with Gasteiger partial charge < -0.3 is 29.9 Å². The zero-order valence-corrected chi connectivity index (χ0v) is 28.9. The predicted molar refractivity (Wildman–Crippen MR) is 185 cm³/mol. The van der Waals surface area contributed by atoms with Gasteiger partial charge in [-0.1, -0.05) is 60.1 Å². The molecule has 4 aromatic rings. The van der Waals surface area contributed by atoms with Crippen molar-refractivity contribution < 1.29 is 49.1 Å². The Morgan fingerprint density at radius 3 is 0.900 bits per heavy atom. The summed E-state index contributed by atoms with van der Waals surface area (Å²) < 4.78 is 19.3. The number of ether oxygens (including phenoxy) is 4. The highest BCUT2D eigenvalue weighted by molar-refractivity contribution is 6.02. The predicted octanol–water partition coefficient (Wildman–Crippen LogP) is 3.69. The molecule has 0 atom stereocenters. The second-order valence-electron chi connectivity index (χ2n) is 10.0. The Labute approximate surface area is 290 Å². The lowest BCUT2D eigenvalue weighted by atomic mass is 9.98. The fourth-order valence-corrected chi connectivity index (χ4v) is 4.67. The Kier molecular flexibility index (Phi) is 16.2. The average Bonchev–Trinajstić information content (AvgIpc) is 3.09. The van der Waals surface area contributed by atoms with Crippen molar-refractivity contribution in [3.63, 3.8) is 0 Å². The van der Waals surface area contributed by atoms with E-state index < -0.39 is 23.9 Å². The molecule has 50 heavy (non-hydrogen) atoms. The third-order valence-corrected chi connectivity index (χ3v) is 6.89. The molecule has 12 heteroatoms. The fraction of sp³-hybridized carbons (Fsp3) is 0.211. The lowest BCUT2D eigenvalue weighted by Gasteiger charge is -2.12. The lowest BCUT2D eigenvalue weighted by molar-refractivity contribution is 0.0578. The van der Waals surface area contributed by atoms with Crippen LogP contribution in [0.25, 0.3) is 0 Å². The van der Waals surface area contributed by atoms with E-state index in [0.29, 0.717) is 22.8 Å². The maximum Gasteiger partial charge on any atom is 0.341 e. The van der Waals surface area contributed by atoms with Gasteiger partial charge in [-0.2, -0.15) is 0 Å². The average molecular weight is 683 g/mol. The van der Waals surface area contributed by atoms with Crippen molar-refractivity contribution in [2.24, 2.45) is 0 Å². The molecule has 0 aliphatic carbocycles. The van der Waals surface area contributed by atoms with Crippen LogP contribution in [0, 0.1) is 51.4 Å². The van der Waals surface area contributed by atoms with Gasteiger partial charge in [0.15, 0.2) is 0 Å². The number of benzene rings is 2. The summed E-state index contributed by atoms with van der Waals surface area (Å²) in [4.78, 5) is 57.2. The highest BCUT2D eigenvalue weighted by atomic mass is 16.5. The Morgan fingerprint density at radius 1 is 0.440 bits per heavy atom. The van der Waals surface area contributed by atoms with E-state index in [2.05, 4.69) is 33.6 Å². The van der Waals surface area contributed by atoms with Gasteiger partial charge in [-0.25, -0.2) is 19.2 Å². The van der Waals surface area contributed by atoms with Crippen LogP contribution in [-0.4, -0.2) is 73.2 Å². The molecular weight excluding hydrogens is 644 g/mol. The van der Waals surface area contributed by atoms with E-state index in [9.17, 15) is 19.2 Å². The number of rotatable bonds is 4. The van der Waals surface area contributed by atoms with Crippen molar-refractivity contribution in [1.82, 2.24) is 9.97 Å². The quantitative estimate of drug-likeness (QED) is 0.174. The number of aromatic nitrogens is 2. The van der Waals surface area contributed by atoms with Crippen molar-refractivity contribution in [1.29, 1.82) is 0 Å². The molecule has 12 nitrogen and oxygen atoms in total. The maximum atomic E-state index is 12.2. The van der Waals surface area contributed by atoms with Crippen molar-refractivity contribution in [2.45, 2.75) is 27.7 Å². The molecule has 0 unspecified atom stereocenters. The molecule has 0 radical (unpaired) electrons. The summed E-state index contributed by atoms with van der Waals surface area (Å²) in [5.41, 5.74) is 4.54. The molecule has 2 aromatic heterocycles. The Hall–Kier alpha value is -6.34. The maximum absolute atomic E-state index is 12.2. The molecule has 0 amide bonds. The van der Waals surface area contributed by atoms with Gasteiger partial charge >= 0.3 is 23.9 Å². The summed E-state index contributed by atoms with van der Waals surface area (Å²) in [6, 6.07) is 18.5. The smallest absolute Gasteiger partial charge is 0.341 e. The number of pyridine rings is 2. The van der Waals surface area contributed by atoms with Crippen molar-refractivity contribution >= 4 is 23.9 Å². The highest BCUT2D eigenvalue weighted by Crippen LogP contribution is 2.23. The molecule has 0 bridgehead atoms. The number of nitrogens with zero attached hydrogens (tertiary/aromatic N) is 2. The van der Waals surface area contributed by atoms with Crippen LogP contribution in [0.5, 0.6) is 0 Å². The molecule has 4 rings (SSSR count). The monoisotopic (exact) mass is 682 g/mol. The van der Waals surface area contributed by atoms with Gasteiger partial charge in [-0.3, -0.25) is 9.97 Å². The van der Waals surface area contributed by atoms with Crippen LogP contribution in [0.3, 0.4) is 0 Å². The Balaban J connectivity index is 0.000000481. The minimum absolute atomic E-state index is 0. The number of methoxy groups -OCH3 is 4. The number of aryl methyl sites for hydroxylation is 4. The van der Waals surface area contributed by atoms with E-state index in [1.807, 2.05) is 60.7 Å². The van der Waals surface area contributed by atoms with Crippen LogP contribution in [0.4, 0.5) is 0 Å². The van der Waals surface area contributed by atoms with Crippen molar-refractivity contribution in [3.8, 4) is 23.7 Å². The molecule has 0 aliphatic rings. The molecule has 0 spiro atoms. The van der Waals surface area contributed by atoms with E-state index in [4.69, 9.17) is 18.9 Å². The molecule has 0 fully saturated rings. The minimum atomic E-state index is -0.595. The summed E-state index contributed by atoms with van der Waals surface area (Å²) in [5.74, 6) is 9.38. The third-order valence-electron chi connectivity index (χ3n) is 6.89. The topological polar surface area (TPSA) is 194 Å². The van der Waals surface area contributed by atoms with Crippen LogP contribution in [-0.2, 0) is 18.9 Å². The summed E-state index contributed by atoms with van der Waals surface area (Å²) >= 11 is 0. The van der Waals surface area contributed by atoms with Crippen molar-refractivity contribution in [2.75, 3.05) is 28.4 Å². The van der Waals surface area contributed by atoms with E-state index in [1.54, 1.807) is 27.7 Å². The highest BCUT2D eigenvalue weighted by Gasteiger charge is 2.26. The first-order valence-electron chi connectivity index (χ1n) is 14.5. The van der Waals surface area contributed by atoms with Crippen LogP contribution in [0.15, 0.2) is 60.7 Å². The molecule has 260 valence electrons. The summed E-state index contributed by atoms with van der Waals surface area (Å²) in [6.45, 7) is 6.70. The van der Waals surface area contributed by atoms with Crippen LogP contribution in [0.1, 0.15) is 86.5 Å². The largest absolute Gasteiger partial charge is 0.465 e. The minimum Gasteiger partial charge on any atom is -0.465 e. The van der Waals surface area contributed by atoms with E-state index in [1.165, 1.54) is 28.4 Å². The van der Waals surface area contributed by atoms with Crippen LogP contribution in [0.2, 0.25) is 0 Å². The lowest BCUT2D eigenvalue weighted by Crippen LogP contribution is -2.16. The summed E-state index contributed by atoms with van der Waals surface area (Å²) in [5, 5.41) is 0. The zero-order chi connectivity index (χ0) is 35.4. The first-order chi connectivity index (χ1) is 23.0. The molecule has 0 aliphatic heterocycles. The van der Waals surface area contributed by atoms with Crippen molar-refractivity contribution in [3.05, 3.63) is 128 Å².